The van der Waals surface area contributed by atoms with Crippen LogP contribution in [-0.2, 0) is 9.53 Å². The number of piperidine rings is 1. The first-order chi connectivity index (χ1) is 12.0. The van der Waals surface area contributed by atoms with Crippen molar-refractivity contribution < 1.29 is 14.3 Å². The molecule has 0 unspecified atom stereocenters. The number of nitrogens with zero attached hydrogens (tertiary/aromatic N) is 1. The minimum Gasteiger partial charge on any atom is -0.450 e. The Morgan fingerprint density at radius 2 is 2.04 bits per heavy atom. The second kappa shape index (κ2) is 9.51. The molecule has 2 N–H and O–H groups in total. The molecule has 0 aliphatic carbocycles. The SMILES string of the molecule is CCOC(=O)N1CCC(NC(=O)CCNc2ccc(C)c(Cl)c2)CC1. The van der Waals surface area contributed by atoms with Crippen LogP contribution < -0.4 is 10.6 Å². The van der Waals surface area contributed by atoms with Crippen molar-refractivity contribution in [2.24, 2.45) is 0 Å². The first-order valence-electron chi connectivity index (χ1n) is 8.70. The minimum atomic E-state index is -0.270. The maximum Gasteiger partial charge on any atom is 0.409 e. The van der Waals surface area contributed by atoms with Gasteiger partial charge in [-0.2, -0.15) is 0 Å². The van der Waals surface area contributed by atoms with E-state index in [2.05, 4.69) is 10.6 Å². The second-order valence-corrected chi connectivity index (χ2v) is 6.58. The van der Waals surface area contributed by atoms with Gasteiger partial charge in [0, 0.05) is 42.8 Å². The monoisotopic (exact) mass is 367 g/mol. The lowest BCUT2D eigenvalue weighted by Crippen LogP contribution is -2.46. The molecule has 1 fully saturated rings. The van der Waals surface area contributed by atoms with Crippen molar-refractivity contribution in [2.75, 3.05) is 31.6 Å². The van der Waals surface area contributed by atoms with Crippen LogP contribution in [0.4, 0.5) is 10.5 Å². The topological polar surface area (TPSA) is 70.7 Å². The molecule has 0 radical (unpaired) electrons. The predicted molar refractivity (Wildman–Crippen MR) is 99.1 cm³/mol. The van der Waals surface area contributed by atoms with Crippen LogP contribution in [0, 0.1) is 6.92 Å². The number of anilines is 1. The Hall–Kier alpha value is -1.95. The van der Waals surface area contributed by atoms with Gasteiger partial charge in [0.15, 0.2) is 0 Å². The van der Waals surface area contributed by atoms with E-state index in [0.29, 0.717) is 37.7 Å². The fraction of sp³-hybridized carbons (Fsp3) is 0.556. The van der Waals surface area contributed by atoms with E-state index in [0.717, 1.165) is 24.1 Å². The molecule has 6 nitrogen and oxygen atoms in total. The van der Waals surface area contributed by atoms with E-state index in [1.54, 1.807) is 11.8 Å². The summed E-state index contributed by atoms with van der Waals surface area (Å²) < 4.78 is 4.99. The Labute approximate surface area is 153 Å². The molecule has 1 aliphatic heterocycles. The average Bonchev–Trinajstić information content (AvgIpc) is 2.59. The highest BCUT2D eigenvalue weighted by Crippen LogP contribution is 2.19. The zero-order valence-electron chi connectivity index (χ0n) is 14.8. The number of ether oxygens (including phenoxy) is 1. The average molecular weight is 368 g/mol. The molecule has 0 atom stereocenters. The fourth-order valence-corrected chi connectivity index (χ4v) is 2.92. The number of aryl methyl sites for hydroxylation is 1. The van der Waals surface area contributed by atoms with Crippen molar-refractivity contribution in [1.82, 2.24) is 10.2 Å². The maximum absolute atomic E-state index is 12.1. The summed E-state index contributed by atoms with van der Waals surface area (Å²) in [6.45, 7) is 5.91. The van der Waals surface area contributed by atoms with Crippen molar-refractivity contribution in [2.45, 2.75) is 39.2 Å². The molecule has 0 aromatic heterocycles. The lowest BCUT2D eigenvalue weighted by molar-refractivity contribution is -0.121. The number of rotatable bonds is 6. The van der Waals surface area contributed by atoms with E-state index < -0.39 is 0 Å². The highest BCUT2D eigenvalue weighted by Gasteiger charge is 2.24. The van der Waals surface area contributed by atoms with E-state index >= 15 is 0 Å². The first kappa shape index (κ1) is 19.4. The number of benzene rings is 1. The van der Waals surface area contributed by atoms with Crippen LogP contribution >= 0.6 is 11.6 Å². The molecule has 1 aromatic carbocycles. The number of amides is 2. The molecule has 0 saturated carbocycles. The van der Waals surface area contributed by atoms with Crippen LogP contribution in [0.3, 0.4) is 0 Å². The third-order valence-electron chi connectivity index (χ3n) is 4.24. The van der Waals surface area contributed by atoms with Gasteiger partial charge in [-0.25, -0.2) is 4.79 Å². The summed E-state index contributed by atoms with van der Waals surface area (Å²) in [7, 11) is 0. The number of halogens is 1. The van der Waals surface area contributed by atoms with Crippen molar-refractivity contribution >= 4 is 29.3 Å². The summed E-state index contributed by atoms with van der Waals surface area (Å²) in [5.74, 6) is 0.0142. The number of carbonyl (C=O) groups excluding carboxylic acids is 2. The van der Waals surface area contributed by atoms with E-state index in [1.165, 1.54) is 0 Å². The quantitative estimate of drug-likeness (QED) is 0.810. The summed E-state index contributed by atoms with van der Waals surface area (Å²) in [5.41, 5.74) is 1.94. The maximum atomic E-state index is 12.1. The number of likely N-dealkylation sites (tertiary alicyclic amines) is 1. The van der Waals surface area contributed by atoms with Gasteiger partial charge in [-0.1, -0.05) is 17.7 Å². The van der Waals surface area contributed by atoms with Crippen LogP contribution in [0.1, 0.15) is 31.7 Å². The molecule has 1 saturated heterocycles. The van der Waals surface area contributed by atoms with Gasteiger partial charge in [0.25, 0.3) is 0 Å². The van der Waals surface area contributed by atoms with E-state index in [1.807, 2.05) is 25.1 Å². The molecule has 138 valence electrons. The smallest absolute Gasteiger partial charge is 0.409 e. The molecular weight excluding hydrogens is 342 g/mol. The largest absolute Gasteiger partial charge is 0.450 e. The summed E-state index contributed by atoms with van der Waals surface area (Å²) in [6, 6.07) is 5.87. The summed E-state index contributed by atoms with van der Waals surface area (Å²) >= 11 is 6.08. The van der Waals surface area contributed by atoms with E-state index in [-0.39, 0.29) is 18.0 Å². The molecule has 1 heterocycles. The lowest BCUT2D eigenvalue weighted by Gasteiger charge is -2.31. The first-order valence-corrected chi connectivity index (χ1v) is 9.08. The Bertz CT molecular complexity index is 601. The van der Waals surface area contributed by atoms with Crippen LogP contribution in [-0.4, -0.2) is 49.2 Å². The van der Waals surface area contributed by atoms with Gasteiger partial charge in [-0.3, -0.25) is 4.79 Å². The van der Waals surface area contributed by atoms with Crippen LogP contribution in [0.2, 0.25) is 5.02 Å². The van der Waals surface area contributed by atoms with Crippen molar-refractivity contribution in [3.63, 3.8) is 0 Å². The van der Waals surface area contributed by atoms with Crippen molar-refractivity contribution in [1.29, 1.82) is 0 Å². The Morgan fingerprint density at radius 1 is 1.32 bits per heavy atom. The molecule has 2 amide bonds. The van der Waals surface area contributed by atoms with Crippen LogP contribution in [0.15, 0.2) is 18.2 Å². The number of nitrogens with one attached hydrogen (secondary N) is 2. The summed E-state index contributed by atoms with van der Waals surface area (Å²) in [6.07, 6.45) is 1.63. The zero-order valence-corrected chi connectivity index (χ0v) is 15.6. The van der Waals surface area contributed by atoms with Crippen molar-refractivity contribution in [3.05, 3.63) is 28.8 Å². The Balaban J connectivity index is 1.66. The van der Waals surface area contributed by atoms with Gasteiger partial charge in [0.05, 0.1) is 6.61 Å². The Morgan fingerprint density at radius 3 is 2.68 bits per heavy atom. The normalized spacial score (nSPS) is 14.9. The number of hydrogen-bond acceptors (Lipinski definition) is 4. The summed E-state index contributed by atoms with van der Waals surface area (Å²) in [5, 5.41) is 6.95. The third kappa shape index (κ3) is 6.12. The minimum absolute atomic E-state index is 0.0142. The summed E-state index contributed by atoms with van der Waals surface area (Å²) in [4.78, 5) is 25.4. The number of carbonyl (C=O) groups is 2. The second-order valence-electron chi connectivity index (χ2n) is 6.17. The standard InChI is InChI=1S/C18H26ClN3O3/c1-3-25-18(24)22-10-7-14(8-11-22)21-17(23)6-9-20-15-5-4-13(2)16(19)12-15/h4-5,12,14,20H,3,6-11H2,1-2H3,(H,21,23). The molecular formula is C18H26ClN3O3. The van der Waals surface area contributed by atoms with Gasteiger partial charge in [-0.15, -0.1) is 0 Å². The lowest BCUT2D eigenvalue weighted by atomic mass is 10.1. The van der Waals surface area contributed by atoms with Crippen LogP contribution in [0.5, 0.6) is 0 Å². The van der Waals surface area contributed by atoms with Gasteiger partial charge in [-0.05, 0) is 44.4 Å². The highest BCUT2D eigenvalue weighted by atomic mass is 35.5. The molecule has 7 heteroatoms. The van der Waals surface area contributed by atoms with E-state index in [9.17, 15) is 9.59 Å². The van der Waals surface area contributed by atoms with Crippen LogP contribution in [0.25, 0.3) is 0 Å². The van der Waals surface area contributed by atoms with Crippen molar-refractivity contribution in [3.8, 4) is 0 Å². The van der Waals surface area contributed by atoms with Gasteiger partial charge < -0.3 is 20.3 Å². The molecule has 0 bridgehead atoms. The molecule has 25 heavy (non-hydrogen) atoms. The zero-order chi connectivity index (χ0) is 18.2. The Kier molecular flexibility index (Phi) is 7.37. The fourth-order valence-electron chi connectivity index (χ4n) is 2.74. The molecule has 1 aromatic rings. The predicted octanol–water partition coefficient (Wildman–Crippen LogP) is 3.19. The number of hydrogen-bond donors (Lipinski definition) is 2. The third-order valence-corrected chi connectivity index (χ3v) is 4.65. The van der Waals surface area contributed by atoms with Gasteiger partial charge in [0.2, 0.25) is 5.91 Å². The highest BCUT2D eigenvalue weighted by molar-refractivity contribution is 6.31. The van der Waals surface area contributed by atoms with E-state index in [4.69, 9.17) is 16.3 Å². The van der Waals surface area contributed by atoms with Gasteiger partial charge in [0.1, 0.15) is 0 Å². The molecule has 2 rings (SSSR count). The molecule has 0 spiro atoms. The van der Waals surface area contributed by atoms with Gasteiger partial charge >= 0.3 is 6.09 Å². The molecule has 1 aliphatic rings.